The average Bonchev–Trinajstić information content (AvgIpc) is 2.59. The number of carbonyl (C=O) groups is 1. The van der Waals surface area contributed by atoms with Crippen LogP contribution in [-0.4, -0.2) is 53.9 Å². The van der Waals surface area contributed by atoms with Crippen LogP contribution in [0.25, 0.3) is 0 Å². The maximum atomic E-state index is 12.7. The van der Waals surface area contributed by atoms with Crippen molar-refractivity contribution in [2.75, 3.05) is 38.5 Å². The summed E-state index contributed by atoms with van der Waals surface area (Å²) in [6.07, 6.45) is 1.69. The van der Waals surface area contributed by atoms with E-state index in [4.69, 9.17) is 0 Å². The molecule has 1 saturated heterocycles. The van der Waals surface area contributed by atoms with Gasteiger partial charge in [0.2, 0.25) is 0 Å². The molecular weight excluding hydrogens is 300 g/mol. The molecule has 0 atom stereocenters. The fourth-order valence-electron chi connectivity index (χ4n) is 2.95. The Hall–Kier alpha value is -2.40. The Labute approximate surface area is 143 Å². The first kappa shape index (κ1) is 16.5. The van der Waals surface area contributed by atoms with E-state index < -0.39 is 0 Å². The van der Waals surface area contributed by atoms with Gasteiger partial charge in [0, 0.05) is 43.8 Å². The van der Waals surface area contributed by atoms with Gasteiger partial charge in [0.1, 0.15) is 5.69 Å². The SMILES string of the molecule is Cc1cccc(C)c1Nc1ccnc(C(=O)N2CCN(C)CC2)c1. The van der Waals surface area contributed by atoms with Gasteiger partial charge in [-0.3, -0.25) is 9.78 Å². The third kappa shape index (κ3) is 3.57. The Morgan fingerprint density at radius 3 is 2.42 bits per heavy atom. The smallest absolute Gasteiger partial charge is 0.272 e. The molecule has 1 fully saturated rings. The molecule has 0 aliphatic carbocycles. The normalized spacial score (nSPS) is 15.4. The van der Waals surface area contributed by atoms with Crippen LogP contribution >= 0.6 is 0 Å². The standard InChI is InChI=1S/C19H24N4O/c1-14-5-4-6-15(2)18(14)21-16-7-8-20-17(13-16)19(24)23-11-9-22(3)10-12-23/h4-8,13H,9-12H2,1-3H3,(H,20,21). The molecular formula is C19H24N4O. The lowest BCUT2D eigenvalue weighted by molar-refractivity contribution is 0.0658. The molecule has 5 heteroatoms. The number of pyridine rings is 1. The minimum absolute atomic E-state index is 0.00764. The van der Waals surface area contributed by atoms with E-state index in [2.05, 4.69) is 48.2 Å². The Morgan fingerprint density at radius 1 is 1.08 bits per heavy atom. The van der Waals surface area contributed by atoms with E-state index in [-0.39, 0.29) is 5.91 Å². The monoisotopic (exact) mass is 324 g/mol. The van der Waals surface area contributed by atoms with Crippen molar-refractivity contribution in [3.63, 3.8) is 0 Å². The van der Waals surface area contributed by atoms with E-state index >= 15 is 0 Å². The van der Waals surface area contributed by atoms with Crippen molar-refractivity contribution in [1.82, 2.24) is 14.8 Å². The van der Waals surface area contributed by atoms with Crippen LogP contribution in [0.2, 0.25) is 0 Å². The van der Waals surface area contributed by atoms with Crippen LogP contribution in [0.1, 0.15) is 21.6 Å². The first-order valence-electron chi connectivity index (χ1n) is 8.32. The Bertz CT molecular complexity index is 716. The molecule has 0 spiro atoms. The summed E-state index contributed by atoms with van der Waals surface area (Å²) in [5.74, 6) is 0.00764. The van der Waals surface area contributed by atoms with Gasteiger partial charge in [-0.2, -0.15) is 0 Å². The van der Waals surface area contributed by atoms with Gasteiger partial charge >= 0.3 is 0 Å². The second-order valence-electron chi connectivity index (χ2n) is 6.42. The lowest BCUT2D eigenvalue weighted by atomic mass is 10.1. The number of nitrogens with zero attached hydrogens (tertiary/aromatic N) is 3. The predicted molar refractivity (Wildman–Crippen MR) is 96.8 cm³/mol. The van der Waals surface area contributed by atoms with Crippen molar-refractivity contribution in [1.29, 1.82) is 0 Å². The summed E-state index contributed by atoms with van der Waals surface area (Å²) in [6, 6.07) is 9.93. The maximum Gasteiger partial charge on any atom is 0.272 e. The fourth-order valence-corrected chi connectivity index (χ4v) is 2.95. The zero-order valence-electron chi connectivity index (χ0n) is 14.5. The number of rotatable bonds is 3. The van der Waals surface area contributed by atoms with Crippen molar-refractivity contribution in [3.8, 4) is 0 Å². The summed E-state index contributed by atoms with van der Waals surface area (Å²) in [5, 5.41) is 3.43. The molecule has 1 aliphatic heterocycles. The third-order valence-corrected chi connectivity index (χ3v) is 4.52. The van der Waals surface area contributed by atoms with Gasteiger partial charge in [0.15, 0.2) is 0 Å². The van der Waals surface area contributed by atoms with Crippen LogP contribution in [-0.2, 0) is 0 Å². The number of hydrogen-bond acceptors (Lipinski definition) is 4. The first-order valence-corrected chi connectivity index (χ1v) is 8.32. The van der Waals surface area contributed by atoms with Gasteiger partial charge in [0.05, 0.1) is 0 Å². The molecule has 1 aromatic heterocycles. The largest absolute Gasteiger partial charge is 0.355 e. The molecule has 1 aromatic carbocycles. The van der Waals surface area contributed by atoms with Gasteiger partial charge < -0.3 is 15.1 Å². The molecule has 0 radical (unpaired) electrons. The highest BCUT2D eigenvalue weighted by Gasteiger charge is 2.21. The lowest BCUT2D eigenvalue weighted by Gasteiger charge is -2.32. The number of para-hydroxylation sites is 1. The van der Waals surface area contributed by atoms with E-state index in [9.17, 15) is 4.79 Å². The highest BCUT2D eigenvalue weighted by Crippen LogP contribution is 2.24. The lowest BCUT2D eigenvalue weighted by Crippen LogP contribution is -2.47. The number of amides is 1. The summed E-state index contributed by atoms with van der Waals surface area (Å²) >= 11 is 0. The van der Waals surface area contributed by atoms with E-state index in [1.165, 1.54) is 11.1 Å². The number of piperazine rings is 1. The van der Waals surface area contributed by atoms with Crippen LogP contribution in [0.15, 0.2) is 36.5 Å². The minimum atomic E-state index is 0.00764. The van der Waals surface area contributed by atoms with E-state index in [1.54, 1.807) is 6.20 Å². The second kappa shape index (κ2) is 7.01. The minimum Gasteiger partial charge on any atom is -0.355 e. The Balaban J connectivity index is 1.78. The number of nitrogens with one attached hydrogen (secondary N) is 1. The zero-order valence-corrected chi connectivity index (χ0v) is 14.5. The maximum absolute atomic E-state index is 12.7. The molecule has 5 nitrogen and oxygen atoms in total. The van der Waals surface area contributed by atoms with Gasteiger partial charge in [-0.25, -0.2) is 0 Å². The molecule has 2 heterocycles. The molecule has 1 amide bonds. The van der Waals surface area contributed by atoms with Crippen LogP contribution in [0.3, 0.4) is 0 Å². The van der Waals surface area contributed by atoms with Gasteiger partial charge in [-0.05, 0) is 44.2 Å². The molecule has 1 N–H and O–H groups in total. The second-order valence-corrected chi connectivity index (χ2v) is 6.42. The number of aromatic nitrogens is 1. The molecule has 0 unspecified atom stereocenters. The summed E-state index contributed by atoms with van der Waals surface area (Å²) in [5.41, 5.74) is 4.83. The Morgan fingerprint density at radius 2 is 1.75 bits per heavy atom. The molecule has 0 saturated carbocycles. The van der Waals surface area contributed by atoms with E-state index in [0.29, 0.717) is 5.69 Å². The number of anilines is 2. The summed E-state index contributed by atoms with van der Waals surface area (Å²) in [4.78, 5) is 21.0. The topological polar surface area (TPSA) is 48.5 Å². The molecule has 1 aliphatic rings. The molecule has 3 rings (SSSR count). The fraction of sp³-hybridized carbons (Fsp3) is 0.368. The first-order chi connectivity index (χ1) is 11.5. The third-order valence-electron chi connectivity index (χ3n) is 4.52. The highest BCUT2D eigenvalue weighted by atomic mass is 16.2. The number of carbonyl (C=O) groups excluding carboxylic acids is 1. The van der Waals surface area contributed by atoms with Gasteiger partial charge in [-0.15, -0.1) is 0 Å². The zero-order chi connectivity index (χ0) is 17.1. The van der Waals surface area contributed by atoms with Crippen molar-refractivity contribution in [2.45, 2.75) is 13.8 Å². The van der Waals surface area contributed by atoms with Gasteiger partial charge in [-0.1, -0.05) is 18.2 Å². The van der Waals surface area contributed by atoms with Crippen LogP contribution in [0.4, 0.5) is 11.4 Å². The number of benzene rings is 1. The quantitative estimate of drug-likeness (QED) is 0.943. The van der Waals surface area contributed by atoms with Crippen molar-refractivity contribution < 1.29 is 4.79 Å². The highest BCUT2D eigenvalue weighted by molar-refractivity contribution is 5.93. The van der Waals surface area contributed by atoms with Crippen molar-refractivity contribution in [2.24, 2.45) is 0 Å². The van der Waals surface area contributed by atoms with Crippen molar-refractivity contribution in [3.05, 3.63) is 53.3 Å². The molecule has 24 heavy (non-hydrogen) atoms. The summed E-state index contributed by atoms with van der Waals surface area (Å²) < 4.78 is 0. The summed E-state index contributed by atoms with van der Waals surface area (Å²) in [7, 11) is 2.08. The van der Waals surface area contributed by atoms with Crippen molar-refractivity contribution >= 4 is 17.3 Å². The number of aryl methyl sites for hydroxylation is 2. The Kier molecular flexibility index (Phi) is 4.81. The molecule has 2 aromatic rings. The molecule has 0 bridgehead atoms. The van der Waals surface area contributed by atoms with Crippen LogP contribution in [0, 0.1) is 13.8 Å². The van der Waals surface area contributed by atoms with Gasteiger partial charge in [0.25, 0.3) is 5.91 Å². The molecule has 126 valence electrons. The van der Waals surface area contributed by atoms with Crippen LogP contribution < -0.4 is 5.32 Å². The number of hydrogen-bond donors (Lipinski definition) is 1. The summed E-state index contributed by atoms with van der Waals surface area (Å²) in [6.45, 7) is 7.48. The van der Waals surface area contributed by atoms with Crippen LogP contribution in [0.5, 0.6) is 0 Å². The van der Waals surface area contributed by atoms with E-state index in [0.717, 1.165) is 37.6 Å². The average molecular weight is 324 g/mol. The van der Waals surface area contributed by atoms with E-state index in [1.807, 2.05) is 23.1 Å². The predicted octanol–water partition coefficient (Wildman–Crippen LogP) is 2.83. The number of likely N-dealkylation sites (N-methyl/N-ethyl adjacent to an activating group) is 1.